The van der Waals surface area contributed by atoms with E-state index in [-0.39, 0.29) is 5.54 Å². The molecule has 0 aromatic heterocycles. The topological polar surface area (TPSA) is 67.4 Å². The quantitative estimate of drug-likeness (QED) is 0.780. The van der Waals surface area contributed by atoms with E-state index in [1.165, 1.54) is 0 Å². The summed E-state index contributed by atoms with van der Waals surface area (Å²) in [7, 11) is -1.90. The van der Waals surface area contributed by atoms with Crippen LogP contribution < -0.4 is 10.0 Å². The highest BCUT2D eigenvalue weighted by Crippen LogP contribution is 2.25. The van der Waals surface area contributed by atoms with Gasteiger partial charge in [-0.05, 0) is 56.5 Å². The van der Waals surface area contributed by atoms with Gasteiger partial charge in [-0.25, -0.2) is 13.1 Å². The van der Waals surface area contributed by atoms with E-state index in [2.05, 4.69) is 26.0 Å². The lowest BCUT2D eigenvalue weighted by atomic mass is 9.99. The van der Waals surface area contributed by atoms with Crippen LogP contribution in [0.2, 0.25) is 0 Å². The average molecular weight is 391 g/mol. The van der Waals surface area contributed by atoms with Gasteiger partial charge in [-0.15, -0.1) is 0 Å². The van der Waals surface area contributed by atoms with Crippen molar-refractivity contribution in [2.75, 3.05) is 26.8 Å². The van der Waals surface area contributed by atoms with Crippen molar-refractivity contribution in [3.63, 3.8) is 0 Å². The average Bonchev–Trinajstić information content (AvgIpc) is 2.90. The number of aryl methyl sites for hydroxylation is 2. The van der Waals surface area contributed by atoms with Crippen LogP contribution in [0.25, 0.3) is 0 Å². The van der Waals surface area contributed by atoms with Gasteiger partial charge in [0.1, 0.15) is 0 Å². The number of nitrogens with one attached hydrogen (secondary N) is 2. The summed E-state index contributed by atoms with van der Waals surface area (Å²) in [5.41, 5.74) is 1.32. The van der Waals surface area contributed by atoms with Crippen LogP contribution in [0.4, 0.5) is 0 Å². The van der Waals surface area contributed by atoms with E-state index >= 15 is 0 Å². The summed E-state index contributed by atoms with van der Waals surface area (Å²) in [5, 5.41) is 3.37. The molecule has 2 rings (SSSR count). The molecule has 1 atom stereocenters. The summed E-state index contributed by atoms with van der Waals surface area (Å²) in [6.07, 6.45) is 1.93. The normalized spacial score (nSPS) is 22.2. The lowest BCUT2D eigenvalue weighted by molar-refractivity contribution is 0.122. The van der Waals surface area contributed by atoms with Gasteiger partial charge in [0, 0.05) is 18.1 Å². The minimum absolute atomic E-state index is 0.305. The van der Waals surface area contributed by atoms with E-state index in [0.717, 1.165) is 35.0 Å². The van der Waals surface area contributed by atoms with Gasteiger partial charge in [-0.3, -0.25) is 0 Å². The Hall–Kier alpha value is -0.470. The number of methoxy groups -OCH3 is 1. The van der Waals surface area contributed by atoms with Gasteiger partial charge in [-0.2, -0.15) is 0 Å². The van der Waals surface area contributed by atoms with Crippen LogP contribution in [-0.2, 0) is 14.8 Å². The van der Waals surface area contributed by atoms with E-state index in [0.29, 0.717) is 18.0 Å². The molecule has 1 aromatic carbocycles. The first-order valence-electron chi connectivity index (χ1n) is 7.30. The first kappa shape index (κ1) is 17.9. The highest BCUT2D eigenvalue weighted by atomic mass is 79.9. The molecule has 1 aliphatic rings. The van der Waals surface area contributed by atoms with E-state index < -0.39 is 10.0 Å². The molecule has 1 aliphatic heterocycles. The fourth-order valence-electron chi connectivity index (χ4n) is 2.83. The lowest BCUT2D eigenvalue weighted by Gasteiger charge is -2.29. The lowest BCUT2D eigenvalue weighted by Crippen LogP contribution is -2.52. The zero-order valence-electron chi connectivity index (χ0n) is 13.2. The highest BCUT2D eigenvalue weighted by molar-refractivity contribution is 9.10. The molecule has 22 heavy (non-hydrogen) atoms. The number of benzene rings is 1. The molecular formula is C15H23BrN2O3S. The molecule has 0 spiro atoms. The minimum Gasteiger partial charge on any atom is -0.383 e. The Labute approximate surface area is 141 Å². The summed E-state index contributed by atoms with van der Waals surface area (Å²) in [6.45, 7) is 5.40. The number of sulfonamides is 1. The number of ether oxygens (including phenoxy) is 1. The van der Waals surface area contributed by atoms with E-state index in [1.807, 2.05) is 13.0 Å². The first-order valence-corrected chi connectivity index (χ1v) is 9.58. The second-order valence-electron chi connectivity index (χ2n) is 5.94. The van der Waals surface area contributed by atoms with Crippen molar-refractivity contribution in [1.29, 1.82) is 0 Å². The van der Waals surface area contributed by atoms with Crippen molar-refractivity contribution >= 4 is 26.0 Å². The fraction of sp³-hybridized carbons (Fsp3) is 0.600. The standard InChI is InChI=1S/C15H23BrN2O3S/c1-11-8-14(12(2)7-13(11)16)22(19,20)18-9-15(10-21-3)5-4-6-17-15/h7-8,17-18H,4-6,9-10H2,1-3H3. The number of halogens is 1. The maximum Gasteiger partial charge on any atom is 0.240 e. The van der Waals surface area contributed by atoms with Gasteiger partial charge in [-0.1, -0.05) is 15.9 Å². The highest BCUT2D eigenvalue weighted by Gasteiger charge is 2.35. The van der Waals surface area contributed by atoms with Crippen molar-refractivity contribution < 1.29 is 13.2 Å². The molecule has 0 saturated carbocycles. The van der Waals surface area contributed by atoms with Crippen molar-refractivity contribution in [2.45, 2.75) is 37.1 Å². The molecule has 1 aromatic rings. The van der Waals surface area contributed by atoms with Gasteiger partial charge < -0.3 is 10.1 Å². The Morgan fingerprint density at radius 2 is 2.09 bits per heavy atom. The fourth-order valence-corrected chi connectivity index (χ4v) is 4.72. The zero-order valence-corrected chi connectivity index (χ0v) is 15.6. The molecule has 1 unspecified atom stereocenters. The predicted molar refractivity (Wildman–Crippen MR) is 90.6 cm³/mol. The Kier molecular flexibility index (Phi) is 5.66. The second kappa shape index (κ2) is 6.97. The van der Waals surface area contributed by atoms with Gasteiger partial charge >= 0.3 is 0 Å². The van der Waals surface area contributed by atoms with Gasteiger partial charge in [0.2, 0.25) is 10.0 Å². The molecule has 7 heteroatoms. The van der Waals surface area contributed by atoms with Gasteiger partial charge in [0.15, 0.2) is 0 Å². The summed E-state index contributed by atoms with van der Waals surface area (Å²) in [6, 6.07) is 3.54. The molecule has 5 nitrogen and oxygen atoms in total. The number of hydrogen-bond donors (Lipinski definition) is 2. The molecule has 0 aliphatic carbocycles. The van der Waals surface area contributed by atoms with Crippen LogP contribution in [0.3, 0.4) is 0 Å². The molecular weight excluding hydrogens is 368 g/mol. The predicted octanol–water partition coefficient (Wildman–Crippen LogP) is 2.11. The maximum atomic E-state index is 12.6. The molecule has 0 amide bonds. The van der Waals surface area contributed by atoms with E-state index in [9.17, 15) is 8.42 Å². The van der Waals surface area contributed by atoms with Crippen molar-refractivity contribution in [3.8, 4) is 0 Å². The largest absolute Gasteiger partial charge is 0.383 e. The van der Waals surface area contributed by atoms with Gasteiger partial charge in [0.25, 0.3) is 0 Å². The van der Waals surface area contributed by atoms with Crippen LogP contribution in [0.15, 0.2) is 21.5 Å². The Balaban J connectivity index is 2.19. The summed E-state index contributed by atoms with van der Waals surface area (Å²) in [4.78, 5) is 0.332. The Morgan fingerprint density at radius 1 is 1.36 bits per heavy atom. The maximum absolute atomic E-state index is 12.6. The Bertz CT molecular complexity index is 640. The van der Waals surface area contributed by atoms with Crippen molar-refractivity contribution in [1.82, 2.24) is 10.0 Å². The van der Waals surface area contributed by atoms with Crippen LogP contribution in [-0.4, -0.2) is 40.8 Å². The molecule has 124 valence electrons. The van der Waals surface area contributed by atoms with E-state index in [1.54, 1.807) is 20.1 Å². The molecule has 0 radical (unpaired) electrons. The number of hydrogen-bond acceptors (Lipinski definition) is 4. The molecule has 1 fully saturated rings. The third kappa shape index (κ3) is 3.89. The third-order valence-electron chi connectivity index (χ3n) is 4.10. The first-order chi connectivity index (χ1) is 10.3. The van der Waals surface area contributed by atoms with E-state index in [4.69, 9.17) is 4.74 Å². The molecule has 2 N–H and O–H groups in total. The van der Waals surface area contributed by atoms with Crippen LogP contribution in [0.1, 0.15) is 24.0 Å². The van der Waals surface area contributed by atoms with Crippen molar-refractivity contribution in [3.05, 3.63) is 27.7 Å². The summed E-state index contributed by atoms with van der Waals surface area (Å²) in [5.74, 6) is 0. The van der Waals surface area contributed by atoms with Crippen LogP contribution >= 0.6 is 15.9 Å². The molecule has 1 saturated heterocycles. The third-order valence-corrected chi connectivity index (χ3v) is 6.50. The SMILES string of the molecule is COCC1(CNS(=O)(=O)c2cc(C)c(Br)cc2C)CCCN1. The van der Waals surface area contributed by atoms with Crippen molar-refractivity contribution in [2.24, 2.45) is 0 Å². The zero-order chi connectivity index (χ0) is 16.4. The summed E-state index contributed by atoms with van der Waals surface area (Å²) >= 11 is 3.43. The smallest absolute Gasteiger partial charge is 0.240 e. The minimum atomic E-state index is -3.54. The monoisotopic (exact) mass is 390 g/mol. The number of rotatable bonds is 6. The second-order valence-corrected chi connectivity index (χ2v) is 8.52. The van der Waals surface area contributed by atoms with Gasteiger partial charge in [0.05, 0.1) is 17.0 Å². The molecule has 0 bridgehead atoms. The van der Waals surface area contributed by atoms with Crippen LogP contribution in [0.5, 0.6) is 0 Å². The Morgan fingerprint density at radius 3 is 2.68 bits per heavy atom. The molecule has 1 heterocycles. The summed E-state index contributed by atoms with van der Waals surface area (Å²) < 4.78 is 34.2. The van der Waals surface area contributed by atoms with Crippen LogP contribution in [0, 0.1) is 13.8 Å².